The van der Waals surface area contributed by atoms with E-state index >= 15 is 0 Å². The zero-order valence-electron chi connectivity index (χ0n) is 10.3. The average molecular weight is 257 g/mol. The number of carbonyl (C=O) groups excluding carboxylic acids is 1. The van der Waals surface area contributed by atoms with Crippen LogP contribution in [-0.2, 0) is 9.53 Å². The van der Waals surface area contributed by atoms with Crippen LogP contribution in [0.1, 0.15) is 27.2 Å². The number of rotatable bonds is 4. The molecule has 1 aromatic rings. The quantitative estimate of drug-likeness (QED) is 0.774. The summed E-state index contributed by atoms with van der Waals surface area (Å²) in [5.74, 6) is 0.308. The van der Waals surface area contributed by atoms with Gasteiger partial charge >= 0.3 is 5.97 Å². The first kappa shape index (κ1) is 13.8. The van der Waals surface area contributed by atoms with E-state index in [1.807, 2.05) is 32.9 Å². The number of halogens is 1. The Balaban J connectivity index is 2.34. The van der Waals surface area contributed by atoms with Crippen molar-refractivity contribution >= 4 is 17.6 Å². The first-order chi connectivity index (χ1) is 7.88. The Hall–Kier alpha value is -1.22. The summed E-state index contributed by atoms with van der Waals surface area (Å²) in [4.78, 5) is 11.4. The molecule has 4 heteroatoms. The molecule has 0 heterocycles. The van der Waals surface area contributed by atoms with E-state index in [9.17, 15) is 4.79 Å². The van der Waals surface area contributed by atoms with Crippen LogP contribution >= 0.6 is 11.6 Å². The van der Waals surface area contributed by atoms with Gasteiger partial charge in [0.05, 0.1) is 18.1 Å². The lowest BCUT2D eigenvalue weighted by Crippen LogP contribution is -2.24. The first-order valence-corrected chi connectivity index (χ1v) is 5.85. The fraction of sp³-hybridized carbons (Fsp3) is 0.462. The summed E-state index contributed by atoms with van der Waals surface area (Å²) in [6.07, 6.45) is 0.211. The van der Waals surface area contributed by atoms with Crippen LogP contribution in [0.25, 0.3) is 0 Å². The second-order valence-corrected chi connectivity index (χ2v) is 5.02. The fourth-order valence-electron chi connectivity index (χ4n) is 1.20. The van der Waals surface area contributed by atoms with Crippen molar-refractivity contribution in [2.75, 3.05) is 6.61 Å². The van der Waals surface area contributed by atoms with Gasteiger partial charge in [-0.3, -0.25) is 4.79 Å². The van der Waals surface area contributed by atoms with Gasteiger partial charge in [0.15, 0.2) is 0 Å². The largest absolute Gasteiger partial charge is 0.491 e. The summed E-state index contributed by atoms with van der Waals surface area (Å²) in [7, 11) is 0. The lowest BCUT2D eigenvalue weighted by atomic mass is 10.2. The molecule has 17 heavy (non-hydrogen) atoms. The van der Waals surface area contributed by atoms with Crippen LogP contribution in [0.4, 0.5) is 0 Å². The van der Waals surface area contributed by atoms with Crippen LogP contribution in [0.2, 0.25) is 5.02 Å². The Kier molecular flexibility index (Phi) is 4.82. The summed E-state index contributed by atoms with van der Waals surface area (Å²) in [5.41, 5.74) is -0.457. The number of esters is 1. The van der Waals surface area contributed by atoms with E-state index in [0.717, 1.165) is 0 Å². The minimum atomic E-state index is -0.457. The number of benzene rings is 1. The highest BCUT2D eigenvalue weighted by molar-refractivity contribution is 6.32. The third-order valence-electron chi connectivity index (χ3n) is 1.82. The van der Waals surface area contributed by atoms with Crippen molar-refractivity contribution in [3.05, 3.63) is 29.3 Å². The number of hydrogen-bond acceptors (Lipinski definition) is 3. The Morgan fingerprint density at radius 1 is 1.29 bits per heavy atom. The van der Waals surface area contributed by atoms with Gasteiger partial charge in [0.1, 0.15) is 11.4 Å². The van der Waals surface area contributed by atoms with E-state index in [4.69, 9.17) is 21.1 Å². The van der Waals surface area contributed by atoms with Crippen molar-refractivity contribution in [2.45, 2.75) is 32.8 Å². The average Bonchev–Trinajstić information content (AvgIpc) is 2.18. The number of carbonyl (C=O) groups is 1. The Morgan fingerprint density at radius 3 is 2.53 bits per heavy atom. The van der Waals surface area contributed by atoms with E-state index < -0.39 is 5.60 Å². The highest BCUT2D eigenvalue weighted by Gasteiger charge is 2.16. The fourth-order valence-corrected chi connectivity index (χ4v) is 1.39. The number of hydrogen-bond donors (Lipinski definition) is 0. The maximum absolute atomic E-state index is 11.4. The predicted molar refractivity (Wildman–Crippen MR) is 67.4 cm³/mol. The smallest absolute Gasteiger partial charge is 0.309 e. The molecule has 0 atom stereocenters. The third-order valence-corrected chi connectivity index (χ3v) is 2.13. The number of ether oxygens (including phenoxy) is 2. The SMILES string of the molecule is CC(C)(C)OC(=O)CCOc1ccccc1Cl. The number of para-hydroxylation sites is 1. The Morgan fingerprint density at radius 2 is 1.94 bits per heavy atom. The van der Waals surface area contributed by atoms with Crippen molar-refractivity contribution in [1.29, 1.82) is 0 Å². The molecule has 0 spiro atoms. The summed E-state index contributed by atoms with van der Waals surface area (Å²) >= 11 is 5.90. The van der Waals surface area contributed by atoms with E-state index in [1.165, 1.54) is 0 Å². The van der Waals surface area contributed by atoms with E-state index in [0.29, 0.717) is 10.8 Å². The molecule has 0 saturated carbocycles. The van der Waals surface area contributed by atoms with Gasteiger partial charge in [-0.15, -0.1) is 0 Å². The normalized spacial score (nSPS) is 11.1. The van der Waals surface area contributed by atoms with Crippen LogP contribution in [-0.4, -0.2) is 18.2 Å². The lowest BCUT2D eigenvalue weighted by Gasteiger charge is -2.19. The van der Waals surface area contributed by atoms with Gasteiger partial charge in [0, 0.05) is 0 Å². The molecule has 94 valence electrons. The maximum Gasteiger partial charge on any atom is 0.309 e. The highest BCUT2D eigenvalue weighted by Crippen LogP contribution is 2.23. The van der Waals surface area contributed by atoms with Crippen molar-refractivity contribution in [3.63, 3.8) is 0 Å². The molecule has 0 unspecified atom stereocenters. The molecule has 3 nitrogen and oxygen atoms in total. The van der Waals surface area contributed by atoms with E-state index in [1.54, 1.807) is 12.1 Å². The summed E-state index contributed by atoms with van der Waals surface area (Å²) in [6, 6.07) is 7.15. The zero-order chi connectivity index (χ0) is 12.9. The molecule has 1 aromatic carbocycles. The Labute approximate surface area is 107 Å². The lowest BCUT2D eigenvalue weighted by molar-refractivity contribution is -0.155. The maximum atomic E-state index is 11.4. The summed E-state index contributed by atoms with van der Waals surface area (Å²) in [6.45, 7) is 5.76. The van der Waals surface area contributed by atoms with Crippen molar-refractivity contribution in [3.8, 4) is 5.75 Å². The van der Waals surface area contributed by atoms with Gasteiger partial charge in [-0.05, 0) is 32.9 Å². The van der Waals surface area contributed by atoms with Gasteiger partial charge in [-0.25, -0.2) is 0 Å². The molecule has 0 aliphatic rings. The molecular formula is C13H17ClO3. The summed E-state index contributed by atoms with van der Waals surface area (Å²) < 4.78 is 10.5. The standard InChI is InChI=1S/C13H17ClO3/c1-13(2,3)17-12(15)8-9-16-11-7-5-4-6-10(11)14/h4-7H,8-9H2,1-3H3. The van der Waals surface area contributed by atoms with Crippen molar-refractivity contribution in [1.82, 2.24) is 0 Å². The van der Waals surface area contributed by atoms with Crippen LogP contribution in [0.15, 0.2) is 24.3 Å². The summed E-state index contributed by atoms with van der Waals surface area (Å²) in [5, 5.41) is 0.539. The van der Waals surface area contributed by atoms with Crippen molar-refractivity contribution < 1.29 is 14.3 Å². The van der Waals surface area contributed by atoms with Crippen LogP contribution in [0.3, 0.4) is 0 Å². The third kappa shape index (κ3) is 5.59. The van der Waals surface area contributed by atoms with Crippen LogP contribution in [0.5, 0.6) is 5.75 Å². The Bertz CT molecular complexity index is 382. The topological polar surface area (TPSA) is 35.5 Å². The molecule has 0 aliphatic heterocycles. The van der Waals surface area contributed by atoms with Gasteiger partial charge in [0.25, 0.3) is 0 Å². The second-order valence-electron chi connectivity index (χ2n) is 4.62. The van der Waals surface area contributed by atoms with Gasteiger partial charge in [0.2, 0.25) is 0 Å². The minimum Gasteiger partial charge on any atom is -0.491 e. The van der Waals surface area contributed by atoms with Gasteiger partial charge in [-0.2, -0.15) is 0 Å². The molecule has 0 aliphatic carbocycles. The monoisotopic (exact) mass is 256 g/mol. The molecule has 1 rings (SSSR count). The molecule has 0 amide bonds. The van der Waals surface area contributed by atoms with Crippen LogP contribution < -0.4 is 4.74 Å². The molecule has 0 bridgehead atoms. The van der Waals surface area contributed by atoms with Gasteiger partial charge < -0.3 is 9.47 Å². The van der Waals surface area contributed by atoms with Gasteiger partial charge in [-0.1, -0.05) is 23.7 Å². The zero-order valence-corrected chi connectivity index (χ0v) is 11.1. The molecule has 0 fully saturated rings. The highest BCUT2D eigenvalue weighted by atomic mass is 35.5. The molecule has 0 N–H and O–H groups in total. The second kappa shape index (κ2) is 5.92. The predicted octanol–water partition coefficient (Wildman–Crippen LogP) is 3.45. The molecule has 0 aromatic heterocycles. The van der Waals surface area contributed by atoms with Crippen LogP contribution in [0, 0.1) is 0 Å². The van der Waals surface area contributed by atoms with Crippen molar-refractivity contribution in [2.24, 2.45) is 0 Å². The first-order valence-electron chi connectivity index (χ1n) is 5.48. The van der Waals surface area contributed by atoms with E-state index in [2.05, 4.69) is 0 Å². The molecular weight excluding hydrogens is 240 g/mol. The molecule has 0 radical (unpaired) electrons. The minimum absolute atomic E-state index is 0.211. The molecule has 0 saturated heterocycles. The van der Waals surface area contributed by atoms with E-state index in [-0.39, 0.29) is 19.0 Å².